The van der Waals surface area contributed by atoms with Crippen LogP contribution >= 0.6 is 0 Å². The number of benzene rings is 3. The molecular weight excluding hydrogens is 272 g/mol. The largest absolute Gasteiger partial charge is 0.464 e. The van der Waals surface area contributed by atoms with Crippen LogP contribution in [-0.2, 0) is 5.11 Å². The molecule has 0 bridgehead atoms. The quantitative estimate of drug-likeness (QED) is 0.450. The van der Waals surface area contributed by atoms with E-state index in [0.717, 1.165) is 33.2 Å². The molecule has 0 aliphatic heterocycles. The summed E-state index contributed by atoms with van der Waals surface area (Å²) in [6.07, 6.45) is 1.80. The molecule has 4 aromatic rings. The van der Waals surface area contributed by atoms with Gasteiger partial charge in [-0.05, 0) is 34.9 Å². The van der Waals surface area contributed by atoms with Crippen LogP contribution in [0.15, 0.2) is 83.5 Å². The van der Waals surface area contributed by atoms with Gasteiger partial charge in [0.05, 0.1) is 6.26 Å². The van der Waals surface area contributed by atoms with E-state index in [1.54, 1.807) is 18.4 Å². The highest BCUT2D eigenvalue weighted by atomic mass is 16.3. The van der Waals surface area contributed by atoms with Crippen molar-refractivity contribution in [1.29, 1.82) is 0 Å². The van der Waals surface area contributed by atoms with Crippen LogP contribution in [0.5, 0.6) is 5.75 Å². The molecule has 0 fully saturated rings. The summed E-state index contributed by atoms with van der Waals surface area (Å²) in [5.74, 6) is 0.0326. The van der Waals surface area contributed by atoms with Gasteiger partial charge in [0.1, 0.15) is 5.58 Å². The topological polar surface area (TPSA) is 33.0 Å². The van der Waals surface area contributed by atoms with Gasteiger partial charge in [0.2, 0.25) is 0 Å². The van der Waals surface area contributed by atoms with Gasteiger partial charge in [-0.25, -0.2) is 0 Å². The molecule has 22 heavy (non-hydrogen) atoms. The molecule has 1 heterocycles. The molecule has 2 heteroatoms. The molecule has 0 unspecified atom stereocenters. The van der Waals surface area contributed by atoms with Crippen LogP contribution in [0.4, 0.5) is 0 Å². The predicted molar refractivity (Wildman–Crippen MR) is 87.2 cm³/mol. The molecule has 3 aromatic carbocycles. The van der Waals surface area contributed by atoms with E-state index in [2.05, 4.69) is 30.3 Å². The van der Waals surface area contributed by atoms with Crippen LogP contribution < -0.4 is 0 Å². The third kappa shape index (κ3) is 2.15. The molecular formula is C20H13O2. The fraction of sp³-hybridized carbons (Fsp3) is 0. The zero-order chi connectivity index (χ0) is 14.9. The van der Waals surface area contributed by atoms with E-state index in [4.69, 9.17) is 4.42 Å². The molecule has 1 aromatic heterocycles. The molecule has 105 valence electrons. The number of furan rings is 1. The summed E-state index contributed by atoms with van der Waals surface area (Å²) in [5.41, 5.74) is 5.25. The lowest BCUT2D eigenvalue weighted by atomic mass is 10.00. The summed E-state index contributed by atoms with van der Waals surface area (Å²) in [5, 5.41) is 12.3. The molecule has 0 aliphatic rings. The maximum Gasteiger partial charge on any atom is 0.178 e. The lowest BCUT2D eigenvalue weighted by molar-refractivity contribution is 0.355. The summed E-state index contributed by atoms with van der Waals surface area (Å²) >= 11 is 0. The van der Waals surface area contributed by atoms with Crippen molar-refractivity contribution in [3.8, 4) is 28.0 Å². The number of fused-ring (bicyclic) bond motifs is 1. The van der Waals surface area contributed by atoms with E-state index in [-0.39, 0.29) is 5.75 Å². The van der Waals surface area contributed by atoms with Crippen LogP contribution in [0.1, 0.15) is 0 Å². The van der Waals surface area contributed by atoms with Gasteiger partial charge in [0.25, 0.3) is 0 Å². The Labute approximate surface area is 128 Å². The second-order valence-electron chi connectivity index (χ2n) is 5.25. The number of rotatable bonds is 2. The Hall–Kier alpha value is -3.00. The van der Waals surface area contributed by atoms with Crippen molar-refractivity contribution in [1.82, 2.24) is 0 Å². The Bertz CT molecular complexity index is 916. The van der Waals surface area contributed by atoms with E-state index in [0.29, 0.717) is 0 Å². The first kappa shape index (κ1) is 12.7. The fourth-order valence-corrected chi connectivity index (χ4v) is 2.69. The second-order valence-corrected chi connectivity index (χ2v) is 5.25. The maximum atomic E-state index is 11.2. The molecule has 0 spiro atoms. The number of hydrogen-bond donors (Lipinski definition) is 0. The van der Waals surface area contributed by atoms with Gasteiger partial charge in [-0.3, -0.25) is 5.11 Å². The molecule has 0 N–H and O–H groups in total. The third-order valence-corrected chi connectivity index (χ3v) is 3.86. The zero-order valence-corrected chi connectivity index (χ0v) is 11.8. The Morgan fingerprint density at radius 2 is 1.23 bits per heavy atom. The Kier molecular flexibility index (Phi) is 2.94. The van der Waals surface area contributed by atoms with Crippen LogP contribution in [0.25, 0.3) is 33.2 Å². The summed E-state index contributed by atoms with van der Waals surface area (Å²) < 4.78 is 5.60. The number of hydrogen-bond acceptors (Lipinski definition) is 1. The van der Waals surface area contributed by atoms with Gasteiger partial charge >= 0.3 is 0 Å². The minimum absolute atomic E-state index is 0.0326. The normalized spacial score (nSPS) is 10.9. The van der Waals surface area contributed by atoms with Crippen molar-refractivity contribution < 1.29 is 9.52 Å². The minimum Gasteiger partial charge on any atom is -0.464 e. The predicted octanol–water partition coefficient (Wildman–Crippen LogP) is 5.91. The highest BCUT2D eigenvalue weighted by Gasteiger charge is 2.07. The monoisotopic (exact) mass is 285 g/mol. The van der Waals surface area contributed by atoms with E-state index in [1.807, 2.05) is 30.3 Å². The standard InChI is InChI=1S/C20H13O2/c21-17-11-9-15(10-12-17)14-5-7-16(8-6-14)19-13-22-20-4-2-1-3-18(19)20/h1-13H. The SMILES string of the molecule is [O]c1ccc(-c2ccc(-c3coc4ccccc34)cc2)cc1. The van der Waals surface area contributed by atoms with Gasteiger partial charge in [-0.15, -0.1) is 0 Å². The summed E-state index contributed by atoms with van der Waals surface area (Å²) in [7, 11) is 0. The van der Waals surface area contributed by atoms with Crippen molar-refractivity contribution >= 4 is 11.0 Å². The highest BCUT2D eigenvalue weighted by Crippen LogP contribution is 2.32. The Morgan fingerprint density at radius 1 is 0.636 bits per heavy atom. The molecule has 0 saturated carbocycles. The first-order chi connectivity index (χ1) is 10.8. The molecule has 0 atom stereocenters. The van der Waals surface area contributed by atoms with Gasteiger partial charge in [0, 0.05) is 10.9 Å². The van der Waals surface area contributed by atoms with Crippen molar-refractivity contribution in [2.45, 2.75) is 0 Å². The minimum atomic E-state index is 0.0326. The van der Waals surface area contributed by atoms with Gasteiger partial charge in [-0.2, -0.15) is 0 Å². The molecule has 0 aliphatic carbocycles. The molecule has 1 radical (unpaired) electrons. The van der Waals surface area contributed by atoms with Crippen LogP contribution in [-0.4, -0.2) is 0 Å². The fourth-order valence-electron chi connectivity index (χ4n) is 2.69. The van der Waals surface area contributed by atoms with Crippen molar-refractivity contribution in [3.63, 3.8) is 0 Å². The Morgan fingerprint density at radius 3 is 1.95 bits per heavy atom. The molecule has 0 amide bonds. The van der Waals surface area contributed by atoms with Crippen molar-refractivity contribution in [2.24, 2.45) is 0 Å². The van der Waals surface area contributed by atoms with Crippen molar-refractivity contribution in [2.75, 3.05) is 0 Å². The van der Waals surface area contributed by atoms with Crippen LogP contribution in [0, 0.1) is 0 Å². The highest BCUT2D eigenvalue weighted by molar-refractivity contribution is 5.94. The lowest BCUT2D eigenvalue weighted by Crippen LogP contribution is -1.79. The molecule has 4 rings (SSSR count). The average Bonchev–Trinajstić information content (AvgIpc) is 3.00. The van der Waals surface area contributed by atoms with Crippen LogP contribution in [0.3, 0.4) is 0 Å². The van der Waals surface area contributed by atoms with E-state index in [1.165, 1.54) is 0 Å². The summed E-state index contributed by atoms with van der Waals surface area (Å²) in [6.45, 7) is 0. The van der Waals surface area contributed by atoms with E-state index >= 15 is 0 Å². The van der Waals surface area contributed by atoms with E-state index < -0.39 is 0 Å². The third-order valence-electron chi connectivity index (χ3n) is 3.86. The molecule has 0 saturated heterocycles. The van der Waals surface area contributed by atoms with Gasteiger partial charge in [0.15, 0.2) is 5.75 Å². The van der Waals surface area contributed by atoms with Crippen molar-refractivity contribution in [3.05, 3.63) is 79.1 Å². The first-order valence-corrected chi connectivity index (χ1v) is 7.15. The van der Waals surface area contributed by atoms with Gasteiger partial charge in [-0.1, -0.05) is 54.6 Å². The molecule has 2 nitrogen and oxygen atoms in total. The first-order valence-electron chi connectivity index (χ1n) is 7.15. The maximum absolute atomic E-state index is 11.2. The van der Waals surface area contributed by atoms with E-state index in [9.17, 15) is 5.11 Å². The zero-order valence-electron chi connectivity index (χ0n) is 11.8. The summed E-state index contributed by atoms with van der Waals surface area (Å²) in [4.78, 5) is 0. The smallest absolute Gasteiger partial charge is 0.178 e. The Balaban J connectivity index is 1.74. The average molecular weight is 285 g/mol. The van der Waals surface area contributed by atoms with Gasteiger partial charge < -0.3 is 4.42 Å². The second kappa shape index (κ2) is 5.08. The summed E-state index contributed by atoms with van der Waals surface area (Å²) in [6, 6.07) is 23.2. The number of para-hydroxylation sites is 1. The lowest BCUT2D eigenvalue weighted by Gasteiger charge is -2.04. The van der Waals surface area contributed by atoms with Crippen LogP contribution in [0.2, 0.25) is 0 Å².